The van der Waals surface area contributed by atoms with Gasteiger partial charge in [0, 0.05) is 19.3 Å². The molecular weight excluding hydrogens is 997 g/mol. The van der Waals surface area contributed by atoms with Crippen LogP contribution in [0.15, 0.2) is 134 Å². The van der Waals surface area contributed by atoms with Crippen LogP contribution in [0.2, 0.25) is 0 Å². The lowest BCUT2D eigenvalue weighted by Crippen LogP contribution is -2.30. The molecule has 0 spiro atoms. The highest BCUT2D eigenvalue weighted by Gasteiger charge is 2.19. The summed E-state index contributed by atoms with van der Waals surface area (Å²) < 4.78 is 16.9. The summed E-state index contributed by atoms with van der Waals surface area (Å²) in [5.41, 5.74) is 0. The summed E-state index contributed by atoms with van der Waals surface area (Å²) in [6.07, 6.45) is 96.2. The molecule has 1 unspecified atom stereocenters. The van der Waals surface area contributed by atoms with E-state index in [1.807, 2.05) is 0 Å². The fraction of sp³-hybridized carbons (Fsp3) is 0.667. The van der Waals surface area contributed by atoms with E-state index in [1.165, 1.54) is 116 Å². The maximum Gasteiger partial charge on any atom is 0.306 e. The Kier molecular flexibility index (Phi) is 64.3. The molecule has 0 bridgehead atoms. The van der Waals surface area contributed by atoms with Crippen LogP contribution in [0.5, 0.6) is 0 Å². The molecule has 460 valence electrons. The molecule has 6 nitrogen and oxygen atoms in total. The minimum Gasteiger partial charge on any atom is -0.462 e. The zero-order chi connectivity index (χ0) is 58.5. The molecule has 81 heavy (non-hydrogen) atoms. The van der Waals surface area contributed by atoms with E-state index in [1.54, 1.807) is 0 Å². The maximum absolute atomic E-state index is 12.9. The highest BCUT2D eigenvalue weighted by molar-refractivity contribution is 5.71. The molecule has 0 aromatic heterocycles. The Labute approximate surface area is 500 Å². The third-order valence-electron chi connectivity index (χ3n) is 14.1. The molecule has 0 N–H and O–H groups in total. The van der Waals surface area contributed by atoms with Gasteiger partial charge in [0.1, 0.15) is 13.2 Å². The zero-order valence-electron chi connectivity index (χ0n) is 52.8. The summed E-state index contributed by atoms with van der Waals surface area (Å²) in [5, 5.41) is 0. The van der Waals surface area contributed by atoms with Gasteiger partial charge in [0.2, 0.25) is 0 Å². The molecule has 0 amide bonds. The van der Waals surface area contributed by atoms with Crippen LogP contribution in [0.3, 0.4) is 0 Å². The van der Waals surface area contributed by atoms with Crippen molar-refractivity contribution in [3.63, 3.8) is 0 Å². The van der Waals surface area contributed by atoms with Gasteiger partial charge in [-0.05, 0) is 128 Å². The summed E-state index contributed by atoms with van der Waals surface area (Å²) in [5.74, 6) is -0.933. The summed E-state index contributed by atoms with van der Waals surface area (Å²) >= 11 is 0. The van der Waals surface area contributed by atoms with E-state index < -0.39 is 6.10 Å². The Balaban J connectivity index is 4.25. The molecule has 0 saturated heterocycles. The highest BCUT2D eigenvalue weighted by Crippen LogP contribution is 2.17. The Hall–Kier alpha value is -4.45. The SMILES string of the molecule is CC/C=C\C/C=C\C/C=C\C/C=C\CCCCCCCCCCCCCCCCCCCCC(=O)OCC(COC(=O)CCCCC/C=C\C/C=C\C/C=C\CC)OC(=O)CCCCCCCC/C=C\C/C=C\C/C=C\C/C=C\CC. The topological polar surface area (TPSA) is 78.9 Å². The van der Waals surface area contributed by atoms with Crippen LogP contribution in [0.25, 0.3) is 0 Å². The number of unbranched alkanes of at least 4 members (excludes halogenated alkanes) is 27. The Bertz CT molecular complexity index is 1720. The quantitative estimate of drug-likeness (QED) is 0.0261. The number of ether oxygens (including phenoxy) is 3. The van der Waals surface area contributed by atoms with Crippen LogP contribution >= 0.6 is 0 Å². The van der Waals surface area contributed by atoms with Gasteiger partial charge in [-0.3, -0.25) is 14.4 Å². The molecule has 0 saturated carbocycles. The van der Waals surface area contributed by atoms with E-state index in [9.17, 15) is 14.4 Å². The van der Waals surface area contributed by atoms with Gasteiger partial charge in [-0.1, -0.05) is 289 Å². The Morgan fingerprint density at radius 2 is 0.444 bits per heavy atom. The largest absolute Gasteiger partial charge is 0.462 e. The lowest BCUT2D eigenvalue weighted by atomic mass is 10.0. The van der Waals surface area contributed by atoms with Crippen LogP contribution in [-0.4, -0.2) is 37.2 Å². The molecule has 0 aliphatic heterocycles. The van der Waals surface area contributed by atoms with E-state index >= 15 is 0 Å². The number of hydrogen-bond acceptors (Lipinski definition) is 6. The molecule has 0 radical (unpaired) electrons. The summed E-state index contributed by atoms with van der Waals surface area (Å²) in [4.78, 5) is 38.3. The second kappa shape index (κ2) is 68.1. The van der Waals surface area contributed by atoms with Gasteiger partial charge in [0.25, 0.3) is 0 Å². The predicted molar refractivity (Wildman–Crippen MR) is 353 cm³/mol. The van der Waals surface area contributed by atoms with E-state index in [2.05, 4.69) is 154 Å². The smallest absolute Gasteiger partial charge is 0.306 e. The number of carbonyl (C=O) groups excluding carboxylic acids is 3. The van der Waals surface area contributed by atoms with Crippen molar-refractivity contribution in [3.05, 3.63) is 134 Å². The Morgan fingerprint density at radius 3 is 0.704 bits per heavy atom. The third kappa shape index (κ3) is 66.2. The van der Waals surface area contributed by atoms with Gasteiger partial charge in [-0.25, -0.2) is 0 Å². The van der Waals surface area contributed by atoms with Crippen LogP contribution in [-0.2, 0) is 28.6 Å². The fourth-order valence-electron chi connectivity index (χ4n) is 9.21. The van der Waals surface area contributed by atoms with Gasteiger partial charge < -0.3 is 14.2 Å². The summed E-state index contributed by atoms with van der Waals surface area (Å²) in [6, 6.07) is 0. The normalized spacial score (nSPS) is 13.0. The zero-order valence-corrected chi connectivity index (χ0v) is 52.8. The first-order valence-corrected chi connectivity index (χ1v) is 33.7. The van der Waals surface area contributed by atoms with Crippen molar-refractivity contribution in [1.82, 2.24) is 0 Å². The first kappa shape index (κ1) is 76.5. The average Bonchev–Trinajstić information content (AvgIpc) is 3.46. The van der Waals surface area contributed by atoms with Crippen molar-refractivity contribution >= 4 is 17.9 Å². The van der Waals surface area contributed by atoms with Crippen molar-refractivity contribution in [2.75, 3.05) is 13.2 Å². The van der Waals surface area contributed by atoms with Crippen LogP contribution in [0.1, 0.15) is 303 Å². The molecule has 0 aromatic rings. The highest BCUT2D eigenvalue weighted by atomic mass is 16.6. The monoisotopic (exact) mass is 1120 g/mol. The second-order valence-electron chi connectivity index (χ2n) is 21.9. The van der Waals surface area contributed by atoms with E-state index in [-0.39, 0.29) is 31.1 Å². The molecule has 6 heteroatoms. The first-order chi connectivity index (χ1) is 40.0. The van der Waals surface area contributed by atoms with E-state index in [4.69, 9.17) is 14.2 Å². The van der Waals surface area contributed by atoms with Crippen LogP contribution in [0, 0.1) is 0 Å². The molecule has 0 rings (SSSR count). The summed E-state index contributed by atoms with van der Waals surface area (Å²) in [7, 11) is 0. The molecule has 1 atom stereocenters. The van der Waals surface area contributed by atoms with Crippen LogP contribution in [0.4, 0.5) is 0 Å². The minimum atomic E-state index is -0.802. The number of carbonyl (C=O) groups is 3. The average molecular weight is 1120 g/mol. The summed E-state index contributed by atoms with van der Waals surface area (Å²) in [6.45, 7) is 6.28. The van der Waals surface area contributed by atoms with E-state index in [0.29, 0.717) is 19.3 Å². The maximum atomic E-state index is 12.9. The molecule has 0 aliphatic rings. The van der Waals surface area contributed by atoms with Gasteiger partial charge in [0.15, 0.2) is 6.10 Å². The lowest BCUT2D eigenvalue weighted by Gasteiger charge is -2.18. The lowest BCUT2D eigenvalue weighted by molar-refractivity contribution is -0.167. The van der Waals surface area contributed by atoms with Gasteiger partial charge >= 0.3 is 17.9 Å². The van der Waals surface area contributed by atoms with E-state index in [0.717, 1.165) is 148 Å². The third-order valence-corrected chi connectivity index (χ3v) is 14.1. The van der Waals surface area contributed by atoms with Gasteiger partial charge in [0.05, 0.1) is 0 Å². The van der Waals surface area contributed by atoms with Crippen molar-refractivity contribution in [1.29, 1.82) is 0 Å². The molecule has 0 aromatic carbocycles. The van der Waals surface area contributed by atoms with Crippen molar-refractivity contribution < 1.29 is 28.6 Å². The number of allylic oxidation sites excluding steroid dienone is 22. The van der Waals surface area contributed by atoms with Crippen molar-refractivity contribution in [3.8, 4) is 0 Å². The number of hydrogen-bond donors (Lipinski definition) is 0. The minimum absolute atomic E-state index is 0.0945. The van der Waals surface area contributed by atoms with Gasteiger partial charge in [-0.15, -0.1) is 0 Å². The van der Waals surface area contributed by atoms with Gasteiger partial charge in [-0.2, -0.15) is 0 Å². The van der Waals surface area contributed by atoms with Crippen LogP contribution < -0.4 is 0 Å². The number of esters is 3. The predicted octanol–water partition coefficient (Wildman–Crippen LogP) is 23.3. The Morgan fingerprint density at radius 1 is 0.247 bits per heavy atom. The molecule has 0 fully saturated rings. The molecular formula is C75H124O6. The van der Waals surface area contributed by atoms with Crippen molar-refractivity contribution in [2.24, 2.45) is 0 Å². The molecule has 0 aliphatic carbocycles. The first-order valence-electron chi connectivity index (χ1n) is 33.7. The number of rotatable bonds is 60. The standard InChI is InChI=1S/C75H124O6/c1-4-7-10-13-16-19-22-25-27-29-31-32-33-34-35-36-37-38-39-40-41-42-44-45-47-50-53-56-59-62-65-68-74(77)80-71-72(70-79-73(76)67-64-61-58-55-52-49-24-21-18-15-12-9-6-3)81-75(78)69-66-63-60-57-54-51-48-46-43-30-28-26-23-20-17-14-11-8-5-2/h7-12,16-21,25-28,31-32,43,46,49,52,72H,4-6,13-15,22-24,29-30,33-42,44-45,47-48,50-51,53-71H2,1-3H3/b10-7-,11-8-,12-9-,19-16-,20-17-,21-18-,27-25-,28-26-,32-31-,46-43-,52-49-. The molecule has 0 heterocycles. The fourth-order valence-corrected chi connectivity index (χ4v) is 9.21. The van der Waals surface area contributed by atoms with Crippen molar-refractivity contribution in [2.45, 2.75) is 309 Å². The second-order valence-corrected chi connectivity index (χ2v) is 21.9.